The van der Waals surface area contributed by atoms with Crippen molar-refractivity contribution in [1.29, 1.82) is 0 Å². The highest BCUT2D eigenvalue weighted by molar-refractivity contribution is 6.30. The van der Waals surface area contributed by atoms with Gasteiger partial charge in [-0.1, -0.05) is 17.7 Å². The number of pyridine rings is 1. The van der Waals surface area contributed by atoms with Gasteiger partial charge in [0.25, 0.3) is 11.8 Å². The Morgan fingerprint density at radius 3 is 2.83 bits per heavy atom. The summed E-state index contributed by atoms with van der Waals surface area (Å²) in [7, 11) is 0. The molecule has 0 unspecified atom stereocenters. The molecule has 0 saturated carbocycles. The van der Waals surface area contributed by atoms with Crippen molar-refractivity contribution < 1.29 is 19.4 Å². The number of rotatable bonds is 2. The van der Waals surface area contributed by atoms with E-state index in [1.165, 1.54) is 17.0 Å². The number of hydrogen-bond acceptors (Lipinski definition) is 4. The molecule has 23 heavy (non-hydrogen) atoms. The van der Waals surface area contributed by atoms with Gasteiger partial charge in [-0.25, -0.2) is 9.37 Å². The fraction of sp³-hybridized carbons (Fsp3) is 0.250. The molecule has 0 aliphatic carbocycles. The van der Waals surface area contributed by atoms with E-state index >= 15 is 0 Å². The Kier molecular flexibility index (Phi) is 3.85. The van der Waals surface area contributed by atoms with Gasteiger partial charge in [0, 0.05) is 18.8 Å². The van der Waals surface area contributed by atoms with E-state index < -0.39 is 23.4 Å². The highest BCUT2D eigenvalue weighted by Gasteiger charge is 2.31. The number of fused-ring (bicyclic) bond motifs is 1. The summed E-state index contributed by atoms with van der Waals surface area (Å²) in [6.07, 6.45) is 0.517. The lowest BCUT2D eigenvalue weighted by Crippen LogP contribution is -2.37. The molecule has 0 bridgehead atoms. The maximum Gasteiger partial charge on any atom is 0.258 e. The van der Waals surface area contributed by atoms with Gasteiger partial charge in [-0.2, -0.15) is 0 Å². The Labute approximate surface area is 137 Å². The van der Waals surface area contributed by atoms with Crippen LogP contribution < -0.4 is 0 Å². The first-order valence-corrected chi connectivity index (χ1v) is 7.41. The fourth-order valence-electron chi connectivity index (χ4n) is 2.77. The van der Waals surface area contributed by atoms with E-state index in [9.17, 15) is 19.4 Å². The quantitative estimate of drug-likeness (QED) is 0.884. The molecule has 0 saturated heterocycles. The van der Waals surface area contributed by atoms with Crippen molar-refractivity contribution in [3.63, 3.8) is 0 Å². The molecule has 1 amide bonds. The minimum atomic E-state index is -0.554. The highest BCUT2D eigenvalue weighted by atomic mass is 35.5. The van der Waals surface area contributed by atoms with Crippen molar-refractivity contribution >= 4 is 17.5 Å². The summed E-state index contributed by atoms with van der Waals surface area (Å²) in [5.41, 5.74) is 1.92. The van der Waals surface area contributed by atoms with Crippen LogP contribution in [0.15, 0.2) is 18.2 Å². The van der Waals surface area contributed by atoms with Crippen molar-refractivity contribution in [2.75, 3.05) is 6.54 Å². The third-order valence-corrected chi connectivity index (χ3v) is 4.24. The Morgan fingerprint density at radius 1 is 1.39 bits per heavy atom. The second-order valence-electron chi connectivity index (χ2n) is 5.45. The maximum atomic E-state index is 13.2. The monoisotopic (exact) mass is 336 g/mol. The molecule has 7 heteroatoms. The van der Waals surface area contributed by atoms with Crippen LogP contribution in [-0.2, 0) is 13.0 Å². The van der Waals surface area contributed by atoms with Gasteiger partial charge >= 0.3 is 0 Å². The molecular formula is C16H14ClFN2O3. The van der Waals surface area contributed by atoms with Crippen molar-refractivity contribution in [2.45, 2.75) is 19.9 Å². The van der Waals surface area contributed by atoms with Crippen LogP contribution in [-0.4, -0.2) is 32.5 Å². The summed E-state index contributed by atoms with van der Waals surface area (Å²) in [4.78, 5) is 18.0. The lowest BCUT2D eigenvalue weighted by atomic mass is 9.96. The van der Waals surface area contributed by atoms with Crippen LogP contribution in [0.4, 0.5) is 4.39 Å². The maximum absolute atomic E-state index is 13.2. The summed E-state index contributed by atoms with van der Waals surface area (Å²) >= 11 is 5.76. The van der Waals surface area contributed by atoms with Crippen LogP contribution in [0.3, 0.4) is 0 Å². The smallest absolute Gasteiger partial charge is 0.258 e. The summed E-state index contributed by atoms with van der Waals surface area (Å²) < 4.78 is 13.2. The third-order valence-electron chi connectivity index (χ3n) is 3.95. The van der Waals surface area contributed by atoms with E-state index in [-0.39, 0.29) is 17.1 Å². The van der Waals surface area contributed by atoms with Crippen molar-refractivity contribution in [1.82, 2.24) is 9.88 Å². The van der Waals surface area contributed by atoms with Gasteiger partial charge in [0.2, 0.25) is 0 Å². The lowest BCUT2D eigenvalue weighted by Gasteiger charge is -2.29. The van der Waals surface area contributed by atoms with Crippen LogP contribution in [0.1, 0.15) is 27.2 Å². The second-order valence-corrected chi connectivity index (χ2v) is 5.86. The molecule has 2 aromatic rings. The first kappa shape index (κ1) is 15.6. The first-order chi connectivity index (χ1) is 10.9. The largest absolute Gasteiger partial charge is 0.503 e. The zero-order chi connectivity index (χ0) is 16.7. The average molecular weight is 337 g/mol. The van der Waals surface area contributed by atoms with Gasteiger partial charge < -0.3 is 15.1 Å². The van der Waals surface area contributed by atoms with Gasteiger partial charge in [-0.05, 0) is 36.6 Å². The number of aryl methyl sites for hydroxylation is 1. The zero-order valence-corrected chi connectivity index (χ0v) is 13.1. The highest BCUT2D eigenvalue weighted by Crippen LogP contribution is 2.35. The molecule has 0 radical (unpaired) electrons. The molecule has 5 nitrogen and oxygen atoms in total. The third kappa shape index (κ3) is 2.70. The molecule has 0 fully saturated rings. The van der Waals surface area contributed by atoms with Crippen LogP contribution in [0.25, 0.3) is 0 Å². The fourth-order valence-corrected chi connectivity index (χ4v) is 2.97. The average Bonchev–Trinajstić information content (AvgIpc) is 2.50. The van der Waals surface area contributed by atoms with Gasteiger partial charge in [0.1, 0.15) is 5.82 Å². The molecule has 0 atom stereocenters. The number of carbonyl (C=O) groups is 1. The minimum Gasteiger partial charge on any atom is -0.503 e. The molecule has 0 spiro atoms. The summed E-state index contributed by atoms with van der Waals surface area (Å²) in [6, 6.07) is 4.27. The SMILES string of the molecule is Cc1nc(O)c(O)c2c1CCN(Cc1ccc(F)c(Cl)c1)C2=O. The molecule has 2 heterocycles. The lowest BCUT2D eigenvalue weighted by molar-refractivity contribution is 0.0721. The first-order valence-electron chi connectivity index (χ1n) is 7.03. The van der Waals surface area contributed by atoms with Crippen molar-refractivity contribution in [3.8, 4) is 11.6 Å². The number of hydrogen-bond donors (Lipinski definition) is 2. The van der Waals surface area contributed by atoms with E-state index in [1.807, 2.05) is 0 Å². The molecule has 1 aromatic carbocycles. The summed E-state index contributed by atoms with van der Waals surface area (Å²) in [5, 5.41) is 19.6. The van der Waals surface area contributed by atoms with Gasteiger partial charge in [0.05, 0.1) is 10.6 Å². The normalized spacial score (nSPS) is 14.0. The van der Waals surface area contributed by atoms with E-state index in [1.54, 1.807) is 13.0 Å². The molecular weight excluding hydrogens is 323 g/mol. The van der Waals surface area contributed by atoms with E-state index in [0.29, 0.717) is 29.8 Å². The molecule has 3 rings (SSSR count). The molecule has 1 aliphatic heterocycles. The van der Waals surface area contributed by atoms with E-state index in [4.69, 9.17) is 11.6 Å². The van der Waals surface area contributed by atoms with E-state index in [2.05, 4.69) is 4.98 Å². The zero-order valence-electron chi connectivity index (χ0n) is 12.3. The topological polar surface area (TPSA) is 73.7 Å². The predicted molar refractivity (Wildman–Crippen MR) is 82.2 cm³/mol. The number of amides is 1. The van der Waals surface area contributed by atoms with Crippen molar-refractivity contribution in [3.05, 3.63) is 51.4 Å². The number of benzene rings is 1. The number of halogens is 2. The predicted octanol–water partition coefficient (Wildman–Crippen LogP) is 2.79. The van der Waals surface area contributed by atoms with Gasteiger partial charge in [-0.3, -0.25) is 4.79 Å². The van der Waals surface area contributed by atoms with Crippen LogP contribution >= 0.6 is 11.6 Å². The number of aromatic hydroxyl groups is 2. The number of carbonyl (C=O) groups excluding carboxylic acids is 1. The minimum absolute atomic E-state index is 0.00658. The van der Waals surface area contributed by atoms with Crippen molar-refractivity contribution in [2.24, 2.45) is 0 Å². The molecule has 1 aromatic heterocycles. The summed E-state index contributed by atoms with van der Waals surface area (Å²) in [5.74, 6) is -1.97. The standard InChI is InChI=1S/C16H14ClFN2O3/c1-8-10-4-5-20(7-9-2-3-12(18)11(17)6-9)16(23)13(10)14(21)15(22)19-8/h2-3,6,21H,4-5,7H2,1H3,(H,19,22). The van der Waals surface area contributed by atoms with Gasteiger partial charge in [0.15, 0.2) is 5.75 Å². The molecule has 1 aliphatic rings. The van der Waals surface area contributed by atoms with Gasteiger partial charge in [-0.15, -0.1) is 0 Å². The molecule has 120 valence electrons. The summed E-state index contributed by atoms with van der Waals surface area (Å²) in [6.45, 7) is 2.36. The van der Waals surface area contributed by atoms with Crippen LogP contribution in [0.2, 0.25) is 5.02 Å². The Bertz CT molecular complexity index is 810. The Morgan fingerprint density at radius 2 is 2.13 bits per heavy atom. The number of aromatic nitrogens is 1. The Hall–Kier alpha value is -2.34. The van der Waals surface area contributed by atoms with Crippen LogP contribution in [0.5, 0.6) is 11.6 Å². The molecule has 2 N–H and O–H groups in total. The second kappa shape index (κ2) is 5.70. The van der Waals surface area contributed by atoms with E-state index in [0.717, 1.165) is 0 Å². The number of nitrogens with zero attached hydrogens (tertiary/aromatic N) is 2. The Balaban J connectivity index is 1.93. The van der Waals surface area contributed by atoms with Crippen LogP contribution in [0, 0.1) is 12.7 Å².